The van der Waals surface area contributed by atoms with Crippen molar-refractivity contribution in [2.75, 3.05) is 13.2 Å². The van der Waals surface area contributed by atoms with Gasteiger partial charge in [-0.3, -0.25) is 4.79 Å². The highest BCUT2D eigenvalue weighted by Gasteiger charge is 2.14. The molecule has 0 fully saturated rings. The maximum Gasteiger partial charge on any atom is 0.315 e. The first-order valence-electron chi connectivity index (χ1n) is 6.66. The van der Waals surface area contributed by atoms with Gasteiger partial charge in [0, 0.05) is 5.02 Å². The Hall–Kier alpha value is -1.91. The van der Waals surface area contributed by atoms with Crippen LogP contribution in [0.2, 0.25) is 10.0 Å². The first-order valence-corrected chi connectivity index (χ1v) is 7.42. The van der Waals surface area contributed by atoms with Gasteiger partial charge in [-0.15, -0.1) is 0 Å². The number of hydrogen-bond donors (Lipinski definition) is 0. The molecule has 3 rings (SSSR count). The molecule has 0 amide bonds. The topological polar surface area (TPSA) is 44.8 Å². The Labute approximate surface area is 137 Å². The molecule has 0 atom stereocenters. The number of hydrogen-bond acceptors (Lipinski definition) is 4. The summed E-state index contributed by atoms with van der Waals surface area (Å²) in [4.78, 5) is 12.0. The standard InChI is InChI=1S/C16H12Cl2O4/c17-11-2-4-13(12(18)9-11)22-16(19)8-10-1-3-14-15(7-10)21-6-5-20-14/h1-4,7,9H,5-6,8H2. The summed E-state index contributed by atoms with van der Waals surface area (Å²) in [5.74, 6) is 1.19. The summed E-state index contributed by atoms with van der Waals surface area (Å²) in [6, 6.07) is 10.1. The normalized spacial score (nSPS) is 12.8. The SMILES string of the molecule is O=C(Cc1ccc2c(c1)OCCO2)Oc1ccc(Cl)cc1Cl. The van der Waals surface area contributed by atoms with Crippen molar-refractivity contribution in [2.24, 2.45) is 0 Å². The molecule has 1 heterocycles. The first kappa shape index (κ1) is 15.0. The van der Waals surface area contributed by atoms with E-state index in [2.05, 4.69) is 0 Å². The van der Waals surface area contributed by atoms with Crippen LogP contribution in [0.4, 0.5) is 0 Å². The monoisotopic (exact) mass is 338 g/mol. The van der Waals surface area contributed by atoms with Gasteiger partial charge in [-0.25, -0.2) is 0 Å². The van der Waals surface area contributed by atoms with Gasteiger partial charge in [-0.05, 0) is 35.9 Å². The number of halogens is 2. The van der Waals surface area contributed by atoms with E-state index in [0.717, 1.165) is 5.56 Å². The summed E-state index contributed by atoms with van der Waals surface area (Å²) in [7, 11) is 0. The highest BCUT2D eigenvalue weighted by Crippen LogP contribution is 2.31. The highest BCUT2D eigenvalue weighted by molar-refractivity contribution is 6.35. The predicted molar refractivity (Wildman–Crippen MR) is 83.2 cm³/mol. The Bertz CT molecular complexity index is 715. The Morgan fingerprint density at radius 3 is 2.59 bits per heavy atom. The van der Waals surface area contributed by atoms with Crippen LogP contribution >= 0.6 is 23.2 Å². The molecule has 4 nitrogen and oxygen atoms in total. The Morgan fingerprint density at radius 1 is 1.05 bits per heavy atom. The van der Waals surface area contributed by atoms with E-state index in [-0.39, 0.29) is 12.2 Å². The van der Waals surface area contributed by atoms with Crippen molar-refractivity contribution in [3.05, 3.63) is 52.0 Å². The van der Waals surface area contributed by atoms with Gasteiger partial charge >= 0.3 is 5.97 Å². The van der Waals surface area contributed by atoms with E-state index in [1.807, 2.05) is 0 Å². The smallest absolute Gasteiger partial charge is 0.315 e. The number of carbonyl (C=O) groups excluding carboxylic acids is 1. The number of benzene rings is 2. The van der Waals surface area contributed by atoms with Crippen molar-refractivity contribution in [1.29, 1.82) is 0 Å². The fourth-order valence-corrected chi connectivity index (χ4v) is 2.53. The van der Waals surface area contributed by atoms with Gasteiger partial charge in [0.2, 0.25) is 0 Å². The molecule has 1 aliphatic heterocycles. The molecule has 0 saturated heterocycles. The molecule has 0 saturated carbocycles. The molecule has 0 aliphatic carbocycles. The minimum absolute atomic E-state index is 0.107. The average molecular weight is 339 g/mol. The van der Waals surface area contributed by atoms with Gasteiger partial charge in [0.1, 0.15) is 19.0 Å². The fourth-order valence-electron chi connectivity index (χ4n) is 2.08. The summed E-state index contributed by atoms with van der Waals surface area (Å²) in [6.07, 6.45) is 0.107. The third-order valence-electron chi connectivity index (χ3n) is 3.07. The summed E-state index contributed by atoms with van der Waals surface area (Å²) in [6.45, 7) is 1.03. The van der Waals surface area contributed by atoms with Gasteiger partial charge in [-0.1, -0.05) is 29.3 Å². The zero-order valence-corrected chi connectivity index (χ0v) is 13.0. The van der Waals surface area contributed by atoms with Crippen LogP contribution in [0.25, 0.3) is 0 Å². The van der Waals surface area contributed by atoms with E-state index < -0.39 is 5.97 Å². The summed E-state index contributed by atoms with van der Waals surface area (Å²) >= 11 is 11.8. The van der Waals surface area contributed by atoms with Crippen molar-refractivity contribution >= 4 is 29.2 Å². The number of esters is 1. The maximum absolute atomic E-state index is 12.0. The molecule has 6 heteroatoms. The lowest BCUT2D eigenvalue weighted by atomic mass is 10.1. The van der Waals surface area contributed by atoms with Crippen LogP contribution in [-0.4, -0.2) is 19.2 Å². The van der Waals surface area contributed by atoms with Crippen molar-refractivity contribution in [3.8, 4) is 17.2 Å². The highest BCUT2D eigenvalue weighted by atomic mass is 35.5. The lowest BCUT2D eigenvalue weighted by Gasteiger charge is -2.18. The van der Waals surface area contributed by atoms with E-state index in [4.69, 9.17) is 37.4 Å². The first-order chi connectivity index (χ1) is 10.6. The number of fused-ring (bicyclic) bond motifs is 1. The van der Waals surface area contributed by atoms with Gasteiger partial charge in [0.15, 0.2) is 11.5 Å². The van der Waals surface area contributed by atoms with Crippen molar-refractivity contribution in [3.63, 3.8) is 0 Å². The van der Waals surface area contributed by atoms with E-state index in [1.165, 1.54) is 6.07 Å². The fraction of sp³-hybridized carbons (Fsp3) is 0.188. The van der Waals surface area contributed by atoms with E-state index in [9.17, 15) is 4.79 Å². The molecule has 0 aromatic heterocycles. The molecular formula is C16H12Cl2O4. The van der Waals surface area contributed by atoms with Crippen LogP contribution in [0.1, 0.15) is 5.56 Å². The van der Waals surface area contributed by atoms with E-state index in [1.54, 1.807) is 30.3 Å². The molecule has 0 bridgehead atoms. The van der Waals surface area contributed by atoms with Crippen molar-refractivity contribution in [1.82, 2.24) is 0 Å². The van der Waals surface area contributed by atoms with Gasteiger partial charge in [0.25, 0.3) is 0 Å². The lowest BCUT2D eigenvalue weighted by molar-refractivity contribution is -0.133. The predicted octanol–water partition coefficient (Wildman–Crippen LogP) is 3.91. The molecule has 1 aliphatic rings. The molecule has 0 N–H and O–H groups in total. The maximum atomic E-state index is 12.0. The molecule has 114 valence electrons. The van der Waals surface area contributed by atoms with Crippen molar-refractivity contribution in [2.45, 2.75) is 6.42 Å². The summed E-state index contributed by atoms with van der Waals surface area (Å²) in [5.41, 5.74) is 0.777. The number of ether oxygens (including phenoxy) is 3. The van der Waals surface area contributed by atoms with Gasteiger partial charge in [0.05, 0.1) is 11.4 Å². The van der Waals surface area contributed by atoms with E-state index >= 15 is 0 Å². The molecule has 0 unspecified atom stereocenters. The van der Waals surface area contributed by atoms with Gasteiger partial charge < -0.3 is 14.2 Å². The third-order valence-corrected chi connectivity index (χ3v) is 3.60. The van der Waals surface area contributed by atoms with Crippen LogP contribution in [0.5, 0.6) is 17.2 Å². The zero-order chi connectivity index (χ0) is 15.5. The second-order valence-electron chi connectivity index (χ2n) is 4.70. The molecule has 22 heavy (non-hydrogen) atoms. The van der Waals surface area contributed by atoms with Crippen LogP contribution in [0.3, 0.4) is 0 Å². The quantitative estimate of drug-likeness (QED) is 0.628. The second-order valence-corrected chi connectivity index (χ2v) is 5.55. The van der Waals surface area contributed by atoms with Crippen LogP contribution in [0, 0.1) is 0 Å². The van der Waals surface area contributed by atoms with Crippen molar-refractivity contribution < 1.29 is 19.0 Å². The molecule has 0 radical (unpaired) electrons. The number of rotatable bonds is 3. The molecule has 0 spiro atoms. The minimum atomic E-state index is -0.416. The second kappa shape index (κ2) is 6.46. The summed E-state index contributed by atoms with van der Waals surface area (Å²) < 4.78 is 16.2. The number of carbonyl (C=O) groups is 1. The summed E-state index contributed by atoms with van der Waals surface area (Å²) in [5, 5.41) is 0.777. The van der Waals surface area contributed by atoms with Crippen LogP contribution < -0.4 is 14.2 Å². The molecular weight excluding hydrogens is 327 g/mol. The van der Waals surface area contributed by atoms with E-state index in [0.29, 0.717) is 34.8 Å². The third kappa shape index (κ3) is 3.46. The van der Waals surface area contributed by atoms with Crippen LogP contribution in [0.15, 0.2) is 36.4 Å². The molecule has 2 aromatic carbocycles. The minimum Gasteiger partial charge on any atom is -0.486 e. The average Bonchev–Trinajstić information content (AvgIpc) is 2.50. The Kier molecular flexibility index (Phi) is 4.41. The van der Waals surface area contributed by atoms with Gasteiger partial charge in [-0.2, -0.15) is 0 Å². The molecule has 2 aromatic rings. The lowest BCUT2D eigenvalue weighted by Crippen LogP contribution is -2.16. The Balaban J connectivity index is 1.69. The zero-order valence-electron chi connectivity index (χ0n) is 11.5. The van der Waals surface area contributed by atoms with Crippen LogP contribution in [-0.2, 0) is 11.2 Å². The Morgan fingerprint density at radius 2 is 1.82 bits per heavy atom. The largest absolute Gasteiger partial charge is 0.486 e.